The third-order valence-corrected chi connectivity index (χ3v) is 4.37. The fourth-order valence-electron chi connectivity index (χ4n) is 2.98. The molecule has 0 fully saturated rings. The van der Waals surface area contributed by atoms with Crippen molar-refractivity contribution in [3.63, 3.8) is 0 Å². The van der Waals surface area contributed by atoms with Crippen LogP contribution in [-0.4, -0.2) is 27.0 Å². The topological polar surface area (TPSA) is 78.5 Å². The average Bonchev–Trinajstić information content (AvgIpc) is 3.16. The van der Waals surface area contributed by atoms with Gasteiger partial charge in [0, 0.05) is 47.8 Å². The van der Waals surface area contributed by atoms with Crippen LogP contribution in [-0.2, 0) is 6.42 Å². The number of hydrogen-bond donors (Lipinski definition) is 3. The number of hydrogen-bond acceptors (Lipinski definition) is 5. The number of pyridine rings is 1. The highest BCUT2D eigenvalue weighted by atomic mass is 15.1. The van der Waals surface area contributed by atoms with Gasteiger partial charge >= 0.3 is 0 Å². The molecule has 26 heavy (non-hydrogen) atoms. The molecule has 0 spiro atoms. The molecule has 6 nitrogen and oxygen atoms in total. The lowest BCUT2D eigenvalue weighted by molar-refractivity contribution is 1.13. The summed E-state index contributed by atoms with van der Waals surface area (Å²) >= 11 is 0. The van der Waals surface area contributed by atoms with Gasteiger partial charge in [0.05, 0.1) is 5.69 Å². The van der Waals surface area contributed by atoms with Gasteiger partial charge in [-0.15, -0.1) is 0 Å². The lowest BCUT2D eigenvalue weighted by Crippen LogP contribution is -2.01. The molecule has 0 unspecified atom stereocenters. The number of nitrogens with zero attached hydrogens (tertiary/aromatic N) is 3. The Kier molecular flexibility index (Phi) is 4.23. The molecule has 4 aromatic rings. The summed E-state index contributed by atoms with van der Waals surface area (Å²) in [5.74, 6) is 1.33. The molecule has 4 rings (SSSR count). The van der Waals surface area contributed by atoms with E-state index in [9.17, 15) is 0 Å². The summed E-state index contributed by atoms with van der Waals surface area (Å²) in [7, 11) is 1.84. The average molecular weight is 344 g/mol. The van der Waals surface area contributed by atoms with Gasteiger partial charge in [-0.2, -0.15) is 4.98 Å². The normalized spacial score (nSPS) is 10.8. The van der Waals surface area contributed by atoms with Crippen LogP contribution in [0.4, 0.5) is 17.5 Å². The number of aryl methyl sites for hydroxylation is 1. The molecule has 0 amide bonds. The van der Waals surface area contributed by atoms with Gasteiger partial charge in [-0.3, -0.25) is 4.98 Å². The van der Waals surface area contributed by atoms with E-state index in [1.807, 2.05) is 37.6 Å². The molecule has 0 aliphatic heterocycles. The number of fused-ring (bicyclic) bond motifs is 1. The van der Waals surface area contributed by atoms with E-state index >= 15 is 0 Å². The smallest absolute Gasteiger partial charge is 0.229 e. The van der Waals surface area contributed by atoms with Gasteiger partial charge in [-0.05, 0) is 42.3 Å². The molecular formula is C20H20N6. The van der Waals surface area contributed by atoms with Crippen LogP contribution in [0, 0.1) is 0 Å². The Labute approximate surface area is 151 Å². The third-order valence-electron chi connectivity index (χ3n) is 4.37. The van der Waals surface area contributed by atoms with E-state index in [1.54, 1.807) is 6.20 Å². The molecule has 1 aromatic carbocycles. The van der Waals surface area contributed by atoms with Crippen LogP contribution in [0.5, 0.6) is 0 Å². The van der Waals surface area contributed by atoms with Crippen LogP contribution < -0.4 is 10.6 Å². The van der Waals surface area contributed by atoms with Gasteiger partial charge in [-0.1, -0.05) is 13.0 Å². The summed E-state index contributed by atoms with van der Waals surface area (Å²) in [6, 6.07) is 12.2. The van der Waals surface area contributed by atoms with E-state index in [0.717, 1.165) is 40.1 Å². The highest BCUT2D eigenvalue weighted by Crippen LogP contribution is 2.29. The van der Waals surface area contributed by atoms with Gasteiger partial charge in [0.2, 0.25) is 5.95 Å². The molecule has 0 radical (unpaired) electrons. The third kappa shape index (κ3) is 3.09. The van der Waals surface area contributed by atoms with Crippen LogP contribution in [0.1, 0.15) is 12.5 Å². The van der Waals surface area contributed by atoms with Crippen molar-refractivity contribution < 1.29 is 0 Å². The molecule has 0 saturated carbocycles. The van der Waals surface area contributed by atoms with Gasteiger partial charge in [0.25, 0.3) is 0 Å². The Morgan fingerprint density at radius 1 is 1.08 bits per heavy atom. The standard InChI is InChI=1S/C20H20N6/c1-3-13-4-5-15(25-20-23-9-7-19(21-2)26-20)10-16(13)18-11-17-14(12-24-18)6-8-22-17/h4-12,22H,3H2,1-2H3,(H2,21,23,25,26). The lowest BCUT2D eigenvalue weighted by atomic mass is 10.0. The monoisotopic (exact) mass is 344 g/mol. The first-order chi connectivity index (χ1) is 12.8. The number of nitrogens with one attached hydrogen (secondary N) is 3. The zero-order chi connectivity index (χ0) is 17.9. The van der Waals surface area contributed by atoms with E-state index < -0.39 is 0 Å². The maximum atomic E-state index is 4.64. The summed E-state index contributed by atoms with van der Waals surface area (Å²) < 4.78 is 0. The van der Waals surface area contributed by atoms with Crippen molar-refractivity contribution in [3.8, 4) is 11.3 Å². The molecule has 130 valence electrons. The minimum atomic E-state index is 0.555. The van der Waals surface area contributed by atoms with Crippen molar-refractivity contribution >= 4 is 28.4 Å². The molecule has 0 atom stereocenters. The summed E-state index contributed by atoms with van der Waals surface area (Å²) in [6.07, 6.45) is 6.50. The first kappa shape index (κ1) is 16.1. The molecule has 0 bridgehead atoms. The number of aromatic amines is 1. The van der Waals surface area contributed by atoms with E-state index in [4.69, 9.17) is 0 Å². The Morgan fingerprint density at radius 2 is 2.00 bits per heavy atom. The Morgan fingerprint density at radius 3 is 2.85 bits per heavy atom. The van der Waals surface area contributed by atoms with Crippen LogP contribution in [0.15, 0.2) is 55.0 Å². The van der Waals surface area contributed by atoms with Crippen molar-refractivity contribution in [2.24, 2.45) is 0 Å². The highest BCUT2D eigenvalue weighted by molar-refractivity contribution is 5.83. The predicted molar refractivity (Wildman–Crippen MR) is 106 cm³/mol. The fourth-order valence-corrected chi connectivity index (χ4v) is 2.98. The summed E-state index contributed by atoms with van der Waals surface area (Å²) in [6.45, 7) is 2.15. The first-order valence-corrected chi connectivity index (χ1v) is 8.61. The van der Waals surface area contributed by atoms with Crippen molar-refractivity contribution in [2.45, 2.75) is 13.3 Å². The Hall–Kier alpha value is -3.41. The predicted octanol–water partition coefficient (Wildman–Crippen LogP) is 4.37. The van der Waals surface area contributed by atoms with Crippen molar-refractivity contribution in [1.82, 2.24) is 19.9 Å². The molecular weight excluding hydrogens is 324 g/mol. The van der Waals surface area contributed by atoms with Gasteiger partial charge < -0.3 is 15.6 Å². The number of anilines is 3. The second kappa shape index (κ2) is 6.84. The summed E-state index contributed by atoms with van der Waals surface area (Å²) in [5.41, 5.74) is 5.32. The van der Waals surface area contributed by atoms with Crippen LogP contribution in [0.2, 0.25) is 0 Å². The van der Waals surface area contributed by atoms with E-state index in [-0.39, 0.29) is 0 Å². The summed E-state index contributed by atoms with van der Waals surface area (Å²) in [4.78, 5) is 16.6. The second-order valence-corrected chi connectivity index (χ2v) is 6.00. The number of H-pyrrole nitrogens is 1. The molecule has 0 aliphatic carbocycles. The Bertz CT molecular complexity index is 1050. The van der Waals surface area contributed by atoms with Gasteiger partial charge in [0.1, 0.15) is 5.82 Å². The minimum absolute atomic E-state index is 0.555. The van der Waals surface area contributed by atoms with Crippen molar-refractivity contribution in [1.29, 1.82) is 0 Å². The van der Waals surface area contributed by atoms with E-state index in [0.29, 0.717) is 5.95 Å². The fraction of sp³-hybridized carbons (Fsp3) is 0.150. The molecule has 3 aromatic heterocycles. The van der Waals surface area contributed by atoms with Gasteiger partial charge in [0.15, 0.2) is 0 Å². The zero-order valence-corrected chi connectivity index (χ0v) is 14.7. The zero-order valence-electron chi connectivity index (χ0n) is 14.7. The largest absolute Gasteiger partial charge is 0.373 e. The second-order valence-electron chi connectivity index (χ2n) is 6.00. The Balaban J connectivity index is 1.72. The van der Waals surface area contributed by atoms with E-state index in [2.05, 4.69) is 55.7 Å². The van der Waals surface area contributed by atoms with Crippen molar-refractivity contribution in [2.75, 3.05) is 17.7 Å². The SMILES string of the molecule is CCc1ccc(Nc2nccc(NC)n2)cc1-c1cc2[nH]ccc2cn1. The summed E-state index contributed by atoms with van der Waals surface area (Å²) in [5, 5.41) is 7.40. The van der Waals surface area contributed by atoms with Crippen LogP contribution >= 0.6 is 0 Å². The quantitative estimate of drug-likeness (QED) is 0.501. The van der Waals surface area contributed by atoms with E-state index in [1.165, 1.54) is 5.56 Å². The maximum Gasteiger partial charge on any atom is 0.229 e. The van der Waals surface area contributed by atoms with Crippen molar-refractivity contribution in [3.05, 3.63) is 60.6 Å². The first-order valence-electron chi connectivity index (χ1n) is 8.61. The molecule has 3 heterocycles. The minimum Gasteiger partial charge on any atom is -0.373 e. The number of aromatic nitrogens is 4. The molecule has 0 saturated heterocycles. The van der Waals surface area contributed by atoms with Gasteiger partial charge in [-0.25, -0.2) is 4.98 Å². The number of rotatable bonds is 5. The van der Waals surface area contributed by atoms with Crippen LogP contribution in [0.3, 0.4) is 0 Å². The lowest BCUT2D eigenvalue weighted by Gasteiger charge is -2.12. The van der Waals surface area contributed by atoms with Crippen LogP contribution in [0.25, 0.3) is 22.2 Å². The molecule has 6 heteroatoms. The molecule has 0 aliphatic rings. The maximum absolute atomic E-state index is 4.64. The number of benzene rings is 1. The highest BCUT2D eigenvalue weighted by Gasteiger charge is 2.09. The molecule has 3 N–H and O–H groups in total.